The Hall–Kier alpha value is -0.0800. The Bertz CT molecular complexity index is 327. The average Bonchev–Trinajstić information content (AvgIpc) is 2.44. The summed E-state index contributed by atoms with van der Waals surface area (Å²) in [4.78, 5) is 0. The van der Waals surface area contributed by atoms with Crippen molar-refractivity contribution in [3.05, 3.63) is 0 Å². The molecule has 0 radical (unpaired) electrons. The van der Waals surface area contributed by atoms with Crippen LogP contribution in [0.1, 0.15) is 53.4 Å². The molecule has 6 atom stereocenters. The summed E-state index contributed by atoms with van der Waals surface area (Å²) >= 11 is 0. The van der Waals surface area contributed by atoms with E-state index in [2.05, 4.69) is 27.7 Å². The number of hydrogen-bond donors (Lipinski definition) is 1. The van der Waals surface area contributed by atoms with Gasteiger partial charge in [-0.25, -0.2) is 0 Å². The molecule has 6 unspecified atom stereocenters. The van der Waals surface area contributed by atoms with Crippen LogP contribution in [0.5, 0.6) is 0 Å². The number of rotatable bonds is 1. The molecule has 2 aliphatic carbocycles. The summed E-state index contributed by atoms with van der Waals surface area (Å²) in [5.74, 6) is 2.33. The molecule has 2 bridgehead atoms. The third kappa shape index (κ3) is 1.34. The lowest BCUT2D eigenvalue weighted by Gasteiger charge is -2.49. The molecule has 0 spiro atoms. The van der Waals surface area contributed by atoms with Gasteiger partial charge in [-0.15, -0.1) is 0 Å². The van der Waals surface area contributed by atoms with Gasteiger partial charge in [0.2, 0.25) is 0 Å². The number of hydrogen-bond acceptors (Lipinski definition) is 2. The van der Waals surface area contributed by atoms with E-state index in [-0.39, 0.29) is 17.3 Å². The summed E-state index contributed by atoms with van der Waals surface area (Å²) < 4.78 is 6.50. The quantitative estimate of drug-likeness (QED) is 0.761. The molecule has 17 heavy (non-hydrogen) atoms. The summed E-state index contributed by atoms with van der Waals surface area (Å²) in [6.07, 6.45) is 4.44. The van der Waals surface area contributed by atoms with E-state index in [0.29, 0.717) is 17.8 Å². The highest BCUT2D eigenvalue weighted by atomic mass is 16.6. The van der Waals surface area contributed by atoms with Gasteiger partial charge in [0.1, 0.15) is 0 Å². The SMILES string of the molecule is CC1CCC2(C(C)C)OC3(C)CCC1C2C3O. The highest BCUT2D eigenvalue weighted by Crippen LogP contribution is 2.62. The van der Waals surface area contributed by atoms with Crippen molar-refractivity contribution in [3.63, 3.8) is 0 Å². The summed E-state index contributed by atoms with van der Waals surface area (Å²) in [7, 11) is 0. The average molecular weight is 238 g/mol. The van der Waals surface area contributed by atoms with Crippen LogP contribution in [0.15, 0.2) is 0 Å². The lowest BCUT2D eigenvalue weighted by atomic mass is 9.56. The molecule has 3 rings (SSSR count). The minimum Gasteiger partial charge on any atom is -0.390 e. The van der Waals surface area contributed by atoms with Crippen LogP contribution in [0.25, 0.3) is 0 Å². The van der Waals surface area contributed by atoms with Gasteiger partial charge in [-0.1, -0.05) is 20.8 Å². The van der Waals surface area contributed by atoms with Crippen LogP contribution < -0.4 is 0 Å². The van der Waals surface area contributed by atoms with E-state index in [1.165, 1.54) is 12.8 Å². The minimum atomic E-state index is -0.268. The lowest BCUT2D eigenvalue weighted by Crippen LogP contribution is -2.53. The van der Waals surface area contributed by atoms with Crippen molar-refractivity contribution >= 4 is 0 Å². The van der Waals surface area contributed by atoms with Gasteiger partial charge in [-0.3, -0.25) is 0 Å². The van der Waals surface area contributed by atoms with Crippen LogP contribution >= 0.6 is 0 Å². The van der Waals surface area contributed by atoms with Crippen molar-refractivity contribution in [1.82, 2.24) is 0 Å². The fourth-order valence-electron chi connectivity index (χ4n) is 4.95. The van der Waals surface area contributed by atoms with Crippen LogP contribution in [-0.4, -0.2) is 22.4 Å². The molecule has 3 aliphatic rings. The normalized spacial score (nSPS) is 57.5. The highest BCUT2D eigenvalue weighted by molar-refractivity contribution is 5.15. The van der Waals surface area contributed by atoms with Crippen molar-refractivity contribution in [2.24, 2.45) is 23.7 Å². The molecule has 98 valence electrons. The van der Waals surface area contributed by atoms with Crippen LogP contribution in [0.2, 0.25) is 0 Å². The number of fused-ring (bicyclic) bond motifs is 1. The molecule has 1 N–H and O–H groups in total. The second kappa shape index (κ2) is 3.48. The molecule has 2 nitrogen and oxygen atoms in total. The number of ether oxygens (including phenoxy) is 1. The van der Waals surface area contributed by atoms with Crippen molar-refractivity contribution in [2.45, 2.75) is 70.7 Å². The topological polar surface area (TPSA) is 29.5 Å². The predicted octanol–water partition coefficient (Wildman–Crippen LogP) is 2.99. The maximum absolute atomic E-state index is 10.7. The zero-order valence-electron chi connectivity index (χ0n) is 11.6. The first-order chi connectivity index (χ1) is 7.91. The monoisotopic (exact) mass is 238 g/mol. The molecule has 2 saturated carbocycles. The van der Waals surface area contributed by atoms with Gasteiger partial charge in [0.15, 0.2) is 0 Å². The van der Waals surface area contributed by atoms with Crippen molar-refractivity contribution in [1.29, 1.82) is 0 Å². The van der Waals surface area contributed by atoms with E-state index >= 15 is 0 Å². The van der Waals surface area contributed by atoms with Crippen molar-refractivity contribution in [3.8, 4) is 0 Å². The third-order valence-corrected chi connectivity index (χ3v) is 6.09. The Morgan fingerprint density at radius 2 is 1.94 bits per heavy atom. The van der Waals surface area contributed by atoms with E-state index in [0.717, 1.165) is 18.8 Å². The summed E-state index contributed by atoms with van der Waals surface area (Å²) in [6, 6.07) is 0. The van der Waals surface area contributed by atoms with E-state index < -0.39 is 0 Å². The molecule has 0 aromatic heterocycles. The van der Waals surface area contributed by atoms with Crippen LogP contribution in [-0.2, 0) is 4.74 Å². The standard InChI is InChI=1S/C15H26O2/c1-9(2)15-8-5-10(3)11-6-7-14(4,17-15)13(16)12(11)15/h9-13,16H,5-8H2,1-4H3. The second-order valence-electron chi connectivity index (χ2n) is 7.21. The molecule has 2 heteroatoms. The molecule has 0 aromatic carbocycles. The molecular formula is C15H26O2. The molecule has 1 heterocycles. The Balaban J connectivity index is 2.06. The van der Waals surface area contributed by atoms with Crippen molar-refractivity contribution in [2.75, 3.05) is 0 Å². The summed E-state index contributed by atoms with van der Waals surface area (Å²) in [5, 5.41) is 10.7. The predicted molar refractivity (Wildman–Crippen MR) is 67.7 cm³/mol. The molecule has 1 aliphatic heterocycles. The Kier molecular flexibility index (Phi) is 2.45. The van der Waals surface area contributed by atoms with E-state index in [1.54, 1.807) is 0 Å². The Morgan fingerprint density at radius 1 is 1.24 bits per heavy atom. The summed E-state index contributed by atoms with van der Waals surface area (Å²) in [6.45, 7) is 9.03. The van der Waals surface area contributed by atoms with Gasteiger partial charge >= 0.3 is 0 Å². The second-order valence-corrected chi connectivity index (χ2v) is 7.21. The number of aliphatic hydroxyl groups is 1. The fraction of sp³-hybridized carbons (Fsp3) is 1.00. The number of aliphatic hydroxyl groups excluding tert-OH is 1. The highest BCUT2D eigenvalue weighted by Gasteiger charge is 2.67. The smallest absolute Gasteiger partial charge is 0.0924 e. The molecule has 0 aromatic rings. The first kappa shape index (κ1) is 12.0. The van der Waals surface area contributed by atoms with Gasteiger partial charge in [-0.2, -0.15) is 0 Å². The first-order valence-electron chi connectivity index (χ1n) is 7.29. The van der Waals surface area contributed by atoms with Crippen LogP contribution in [0.4, 0.5) is 0 Å². The summed E-state index contributed by atoms with van der Waals surface area (Å²) in [5.41, 5.74) is -0.308. The zero-order valence-corrected chi connectivity index (χ0v) is 11.6. The Labute approximate surface area is 105 Å². The van der Waals surface area contributed by atoms with E-state index in [1.807, 2.05) is 0 Å². The van der Waals surface area contributed by atoms with E-state index in [9.17, 15) is 5.11 Å². The van der Waals surface area contributed by atoms with Gasteiger partial charge in [0.05, 0.1) is 17.3 Å². The van der Waals surface area contributed by atoms with Crippen molar-refractivity contribution < 1.29 is 9.84 Å². The molecule has 0 amide bonds. The third-order valence-electron chi connectivity index (χ3n) is 6.09. The minimum absolute atomic E-state index is 0.0398. The van der Waals surface area contributed by atoms with Gasteiger partial charge in [0.25, 0.3) is 0 Å². The largest absolute Gasteiger partial charge is 0.390 e. The van der Waals surface area contributed by atoms with Gasteiger partial charge < -0.3 is 9.84 Å². The first-order valence-corrected chi connectivity index (χ1v) is 7.29. The molecular weight excluding hydrogens is 212 g/mol. The van der Waals surface area contributed by atoms with E-state index in [4.69, 9.17) is 4.74 Å². The maximum atomic E-state index is 10.7. The van der Waals surface area contributed by atoms with Crippen LogP contribution in [0.3, 0.4) is 0 Å². The maximum Gasteiger partial charge on any atom is 0.0924 e. The van der Waals surface area contributed by atoms with Crippen LogP contribution in [0, 0.1) is 23.7 Å². The van der Waals surface area contributed by atoms with Gasteiger partial charge in [-0.05, 0) is 50.4 Å². The van der Waals surface area contributed by atoms with Gasteiger partial charge in [0, 0.05) is 5.92 Å². The fourth-order valence-corrected chi connectivity index (χ4v) is 4.95. The zero-order chi connectivity index (χ0) is 12.4. The Morgan fingerprint density at radius 3 is 2.59 bits per heavy atom. The lowest BCUT2D eigenvalue weighted by molar-refractivity contribution is -0.144. The molecule has 3 fully saturated rings. The molecule has 1 saturated heterocycles.